The molecule has 0 fully saturated rings. The molecule has 0 atom stereocenters. The molecule has 0 spiro atoms. The number of aromatic nitrogens is 3. The number of carbonyl (C=O) groups is 1. The van der Waals surface area contributed by atoms with Crippen LogP contribution in [-0.2, 0) is 24.1 Å². The molecule has 3 N–H and O–H groups in total. The molecule has 1 aliphatic rings. The van der Waals surface area contributed by atoms with Gasteiger partial charge in [-0.3, -0.25) is 4.99 Å². The number of ether oxygens (including phenoxy) is 1. The Labute approximate surface area is 197 Å². The van der Waals surface area contributed by atoms with E-state index in [1.54, 1.807) is 0 Å². The molecule has 0 saturated carbocycles. The van der Waals surface area contributed by atoms with Gasteiger partial charge in [-0.05, 0) is 47.0 Å². The average Bonchev–Trinajstić information content (AvgIpc) is 2.87. The maximum absolute atomic E-state index is 11.7. The Morgan fingerprint density at radius 1 is 1.13 bits per heavy atom. The summed E-state index contributed by atoms with van der Waals surface area (Å²) in [5.74, 6) is 2.96. The Kier molecular flexibility index (Phi) is 12.0. The van der Waals surface area contributed by atoms with Gasteiger partial charge in [-0.25, -0.2) is 4.79 Å². The highest BCUT2D eigenvalue weighted by atomic mass is 127. The van der Waals surface area contributed by atoms with Crippen LogP contribution in [0.4, 0.5) is 4.79 Å². The number of amides is 1. The number of hydrogen-bond donors (Lipinski definition) is 3. The zero-order valence-corrected chi connectivity index (χ0v) is 21.1. The van der Waals surface area contributed by atoms with Crippen molar-refractivity contribution in [1.29, 1.82) is 0 Å². The van der Waals surface area contributed by atoms with Crippen molar-refractivity contribution in [3.8, 4) is 0 Å². The van der Waals surface area contributed by atoms with E-state index in [1.165, 1.54) is 19.3 Å². The molecule has 2 rings (SSSR count). The van der Waals surface area contributed by atoms with Crippen LogP contribution in [0.15, 0.2) is 4.99 Å². The van der Waals surface area contributed by atoms with E-state index in [0.717, 1.165) is 50.0 Å². The summed E-state index contributed by atoms with van der Waals surface area (Å²) in [7, 11) is 0. The van der Waals surface area contributed by atoms with E-state index in [1.807, 2.05) is 27.7 Å². The van der Waals surface area contributed by atoms with E-state index in [2.05, 4.69) is 35.7 Å². The van der Waals surface area contributed by atoms with E-state index < -0.39 is 11.7 Å². The molecule has 0 radical (unpaired) electrons. The zero-order chi connectivity index (χ0) is 21.1. The minimum atomic E-state index is -0.489. The molecule has 0 bridgehead atoms. The molecule has 1 aliphatic heterocycles. The molecule has 9 nitrogen and oxygen atoms in total. The van der Waals surface area contributed by atoms with Crippen LogP contribution in [0, 0.1) is 0 Å². The molecule has 0 aliphatic carbocycles. The lowest BCUT2D eigenvalue weighted by Gasteiger charge is -2.19. The van der Waals surface area contributed by atoms with Crippen molar-refractivity contribution in [3.63, 3.8) is 0 Å². The molecule has 1 aromatic heterocycles. The van der Waals surface area contributed by atoms with Gasteiger partial charge < -0.3 is 25.3 Å². The lowest BCUT2D eigenvalue weighted by Crippen LogP contribution is -2.42. The van der Waals surface area contributed by atoms with E-state index in [-0.39, 0.29) is 24.0 Å². The van der Waals surface area contributed by atoms with Crippen molar-refractivity contribution >= 4 is 36.0 Å². The van der Waals surface area contributed by atoms with Crippen molar-refractivity contribution in [2.45, 2.75) is 78.4 Å². The van der Waals surface area contributed by atoms with Crippen molar-refractivity contribution in [2.24, 2.45) is 4.99 Å². The van der Waals surface area contributed by atoms with Crippen molar-refractivity contribution in [1.82, 2.24) is 30.7 Å². The Morgan fingerprint density at radius 3 is 2.63 bits per heavy atom. The van der Waals surface area contributed by atoms with Gasteiger partial charge in [-0.15, -0.1) is 34.2 Å². The fraction of sp³-hybridized carbons (Fsp3) is 0.800. The maximum atomic E-state index is 11.7. The number of nitrogens with one attached hydrogen (secondary N) is 3. The fourth-order valence-corrected chi connectivity index (χ4v) is 3.16. The van der Waals surface area contributed by atoms with Gasteiger partial charge in [0.15, 0.2) is 5.96 Å². The normalized spacial score (nSPS) is 14.2. The molecule has 1 aromatic rings. The Hall–Kier alpha value is -1.59. The number of carbonyl (C=O) groups excluding carboxylic acids is 1. The topological polar surface area (TPSA) is 105 Å². The van der Waals surface area contributed by atoms with E-state index >= 15 is 0 Å². The molecule has 0 saturated heterocycles. The highest BCUT2D eigenvalue weighted by molar-refractivity contribution is 14.0. The summed E-state index contributed by atoms with van der Waals surface area (Å²) in [5, 5.41) is 17.9. The van der Waals surface area contributed by atoms with Crippen molar-refractivity contribution < 1.29 is 9.53 Å². The minimum Gasteiger partial charge on any atom is -0.444 e. The van der Waals surface area contributed by atoms with Gasteiger partial charge in [-0.2, -0.15) is 0 Å². The number of halogens is 1. The summed E-state index contributed by atoms with van der Waals surface area (Å²) in [6, 6.07) is 0. The third-order valence-corrected chi connectivity index (χ3v) is 4.44. The molecular weight excluding hydrogens is 497 g/mol. The molecule has 0 aromatic carbocycles. The van der Waals surface area contributed by atoms with Gasteiger partial charge in [0.1, 0.15) is 17.2 Å². The van der Waals surface area contributed by atoms with Crippen LogP contribution in [0.25, 0.3) is 0 Å². The first-order chi connectivity index (χ1) is 13.9. The van der Waals surface area contributed by atoms with Gasteiger partial charge >= 0.3 is 6.09 Å². The number of hydrogen-bond acceptors (Lipinski definition) is 5. The largest absolute Gasteiger partial charge is 0.444 e. The summed E-state index contributed by atoms with van der Waals surface area (Å²) in [5.41, 5.74) is -0.489. The number of aryl methyl sites for hydroxylation is 2. The number of rotatable bonds is 8. The standard InChI is InChI=1S/C20H37N7O2.HI/c1-5-21-18(23-13-14-24-19(28)29-20(2,3)4)22-12-9-11-17-26-25-16-10-7-6-8-15-27(16)17;/h5-15H2,1-4H3,(H,24,28)(H2,21,22,23);1H. The molecule has 10 heteroatoms. The monoisotopic (exact) mass is 535 g/mol. The first kappa shape index (κ1) is 26.4. The van der Waals surface area contributed by atoms with E-state index in [9.17, 15) is 4.79 Å². The minimum absolute atomic E-state index is 0. The van der Waals surface area contributed by atoms with Crippen molar-refractivity contribution in [3.05, 3.63) is 11.6 Å². The predicted octanol–water partition coefficient (Wildman–Crippen LogP) is 2.63. The summed E-state index contributed by atoms with van der Waals surface area (Å²) >= 11 is 0. The zero-order valence-electron chi connectivity index (χ0n) is 18.8. The highest BCUT2D eigenvalue weighted by Crippen LogP contribution is 2.15. The highest BCUT2D eigenvalue weighted by Gasteiger charge is 2.16. The number of aliphatic imine (C=N–C) groups is 1. The number of fused-ring (bicyclic) bond motifs is 1. The molecule has 0 unspecified atom stereocenters. The average molecular weight is 535 g/mol. The lowest BCUT2D eigenvalue weighted by atomic mass is 10.2. The summed E-state index contributed by atoms with van der Waals surface area (Å²) in [6.45, 7) is 11.1. The van der Waals surface area contributed by atoms with Gasteiger partial charge in [0, 0.05) is 45.6 Å². The third-order valence-electron chi connectivity index (χ3n) is 4.44. The maximum Gasteiger partial charge on any atom is 0.407 e. The summed E-state index contributed by atoms with van der Waals surface area (Å²) < 4.78 is 7.51. The van der Waals surface area contributed by atoms with Gasteiger partial charge in [0.2, 0.25) is 0 Å². The van der Waals surface area contributed by atoms with Crippen LogP contribution in [-0.4, -0.2) is 58.6 Å². The predicted molar refractivity (Wildman–Crippen MR) is 130 cm³/mol. The van der Waals surface area contributed by atoms with Crippen LogP contribution < -0.4 is 16.0 Å². The van der Waals surface area contributed by atoms with Crippen LogP contribution in [0.5, 0.6) is 0 Å². The molecule has 1 amide bonds. The Bertz CT molecular complexity index is 671. The van der Waals surface area contributed by atoms with E-state index in [0.29, 0.717) is 19.6 Å². The first-order valence-electron chi connectivity index (χ1n) is 10.8. The van der Waals surface area contributed by atoms with E-state index in [4.69, 9.17) is 4.74 Å². The van der Waals surface area contributed by atoms with Gasteiger partial charge in [0.05, 0.1) is 0 Å². The molecule has 2 heterocycles. The first-order valence-corrected chi connectivity index (χ1v) is 10.8. The third kappa shape index (κ3) is 9.94. The van der Waals surface area contributed by atoms with Gasteiger partial charge in [0.25, 0.3) is 0 Å². The van der Waals surface area contributed by atoms with Crippen LogP contribution in [0.1, 0.15) is 65.0 Å². The second-order valence-corrected chi connectivity index (χ2v) is 8.21. The second kappa shape index (κ2) is 13.7. The fourth-order valence-electron chi connectivity index (χ4n) is 3.16. The molecule has 30 heavy (non-hydrogen) atoms. The number of nitrogens with zero attached hydrogens (tertiary/aromatic N) is 4. The second-order valence-electron chi connectivity index (χ2n) is 8.21. The summed E-state index contributed by atoms with van der Waals surface area (Å²) in [6.07, 6.45) is 6.13. The molecule has 172 valence electrons. The SMILES string of the molecule is CCNC(=NCCCc1nnc2n1CCCCC2)NCCNC(=O)OC(C)(C)C.I. The number of guanidine groups is 1. The van der Waals surface area contributed by atoms with Crippen LogP contribution in [0.2, 0.25) is 0 Å². The van der Waals surface area contributed by atoms with Crippen molar-refractivity contribution in [2.75, 3.05) is 26.2 Å². The Morgan fingerprint density at radius 2 is 1.90 bits per heavy atom. The Balaban J connectivity index is 0.00000450. The number of alkyl carbamates (subject to hydrolysis) is 1. The van der Waals surface area contributed by atoms with Crippen LogP contribution >= 0.6 is 24.0 Å². The van der Waals surface area contributed by atoms with Gasteiger partial charge in [-0.1, -0.05) is 6.42 Å². The molecular formula is C20H38IN7O2. The smallest absolute Gasteiger partial charge is 0.407 e. The van der Waals surface area contributed by atoms with Crippen LogP contribution in [0.3, 0.4) is 0 Å². The summed E-state index contributed by atoms with van der Waals surface area (Å²) in [4.78, 5) is 16.3. The quantitative estimate of drug-likeness (QED) is 0.205. The lowest BCUT2D eigenvalue weighted by molar-refractivity contribution is 0.0529.